The monoisotopic (exact) mass is 728 g/mol. The molecule has 0 aliphatic carbocycles. The van der Waals surface area contributed by atoms with Crippen LogP contribution in [0.3, 0.4) is 0 Å². The van der Waals surface area contributed by atoms with Crippen LogP contribution in [-0.2, 0) is 14.3 Å². The third-order valence-electron chi connectivity index (χ3n) is 9.49. The molecule has 0 aromatic heterocycles. The van der Waals surface area contributed by atoms with E-state index in [0.29, 0.717) is 19.3 Å². The lowest BCUT2D eigenvalue weighted by Gasteiger charge is -2.24. The van der Waals surface area contributed by atoms with Gasteiger partial charge in [-0.2, -0.15) is 0 Å². The molecule has 0 radical (unpaired) electrons. The van der Waals surface area contributed by atoms with Gasteiger partial charge in [0.2, 0.25) is 5.91 Å². The molecule has 52 heavy (non-hydrogen) atoms. The maximum atomic E-state index is 13.0. The van der Waals surface area contributed by atoms with Crippen molar-refractivity contribution in [2.24, 2.45) is 0 Å². The van der Waals surface area contributed by atoms with E-state index >= 15 is 0 Å². The Morgan fingerprint density at radius 3 is 1.56 bits per heavy atom. The second-order valence-electron chi connectivity index (χ2n) is 14.5. The fraction of sp³-hybridized carbons (Fsp3) is 0.739. The summed E-state index contributed by atoms with van der Waals surface area (Å²) < 4.78 is 5.84. The summed E-state index contributed by atoms with van der Waals surface area (Å²) in [4.78, 5) is 25.8. The topological polar surface area (TPSA) is 95.9 Å². The van der Waals surface area contributed by atoms with Crippen molar-refractivity contribution in [2.75, 3.05) is 6.61 Å². The number of ether oxygens (including phenoxy) is 1. The van der Waals surface area contributed by atoms with Gasteiger partial charge in [0.15, 0.2) is 0 Å². The van der Waals surface area contributed by atoms with Crippen LogP contribution in [0.4, 0.5) is 0 Å². The Bertz CT molecular complexity index is 952. The minimum Gasteiger partial charge on any atom is -0.462 e. The van der Waals surface area contributed by atoms with Crippen LogP contribution in [0.25, 0.3) is 0 Å². The van der Waals surface area contributed by atoms with Gasteiger partial charge < -0.3 is 20.3 Å². The molecule has 0 aliphatic rings. The van der Waals surface area contributed by atoms with E-state index in [4.69, 9.17) is 4.74 Å². The Hall–Kier alpha value is -2.44. The first-order valence-corrected chi connectivity index (χ1v) is 21.6. The Kier molecular flexibility index (Phi) is 37.9. The van der Waals surface area contributed by atoms with Crippen LogP contribution >= 0.6 is 0 Å². The van der Waals surface area contributed by atoms with Gasteiger partial charge in [-0.05, 0) is 44.9 Å². The average Bonchev–Trinajstić information content (AvgIpc) is 3.13. The molecule has 0 saturated heterocycles. The zero-order valence-corrected chi connectivity index (χ0v) is 33.9. The van der Waals surface area contributed by atoms with Crippen molar-refractivity contribution in [3.05, 3.63) is 60.8 Å². The van der Waals surface area contributed by atoms with Gasteiger partial charge in [-0.1, -0.05) is 197 Å². The molecule has 0 spiro atoms. The van der Waals surface area contributed by atoms with Crippen LogP contribution in [0.5, 0.6) is 0 Å². The Morgan fingerprint density at radius 2 is 1.04 bits per heavy atom. The Morgan fingerprint density at radius 1 is 0.577 bits per heavy atom. The molecule has 0 rings (SSSR count). The summed E-state index contributed by atoms with van der Waals surface area (Å²) in [6.45, 7) is 6.26. The van der Waals surface area contributed by atoms with Crippen molar-refractivity contribution in [1.82, 2.24) is 5.32 Å². The third kappa shape index (κ3) is 34.6. The molecule has 6 nitrogen and oxygen atoms in total. The second kappa shape index (κ2) is 39.8. The molecule has 1 amide bonds. The highest BCUT2D eigenvalue weighted by molar-refractivity contribution is 5.77. The lowest BCUT2D eigenvalue weighted by Crippen LogP contribution is -2.46. The number of rotatable bonds is 37. The van der Waals surface area contributed by atoms with E-state index < -0.39 is 18.2 Å². The van der Waals surface area contributed by atoms with E-state index in [9.17, 15) is 19.8 Å². The SMILES string of the molecule is CC/C=C/C=C/C=C\C=C/C=C/CCCCCC(=O)OC(CCCCCCCCC)CC(=O)NC(CO)C(O)CCCCCCCCCCCCC. The summed E-state index contributed by atoms with van der Waals surface area (Å²) in [5, 5.41) is 23.5. The standard InChI is InChI=1S/C46H81NO5/c1-4-7-10-13-16-18-20-21-22-23-25-27-30-33-36-39-46(51)52-42(37-34-31-28-15-12-9-6-3)40-45(50)47-43(41-48)44(49)38-35-32-29-26-24-19-17-14-11-8-5-2/h7,10,13,16,18,20-23,25,42-44,48-49H,4-6,8-9,11-12,14-15,17,19,24,26-41H2,1-3H3,(H,47,50)/b10-7+,16-13+,20-18-,22-21-,25-23+. The maximum absolute atomic E-state index is 13.0. The molecular formula is C46H81NO5. The fourth-order valence-corrected chi connectivity index (χ4v) is 6.21. The molecule has 3 unspecified atom stereocenters. The quantitative estimate of drug-likeness (QED) is 0.0336. The summed E-state index contributed by atoms with van der Waals surface area (Å²) in [5.41, 5.74) is 0. The lowest BCUT2D eigenvalue weighted by atomic mass is 10.0. The number of unbranched alkanes of at least 4 members (excludes halogenated alkanes) is 19. The number of hydrogen-bond acceptors (Lipinski definition) is 5. The maximum Gasteiger partial charge on any atom is 0.306 e. The lowest BCUT2D eigenvalue weighted by molar-refractivity contribution is -0.151. The highest BCUT2D eigenvalue weighted by Gasteiger charge is 2.24. The third-order valence-corrected chi connectivity index (χ3v) is 9.49. The summed E-state index contributed by atoms with van der Waals surface area (Å²) in [6.07, 6.45) is 47.1. The molecule has 0 bridgehead atoms. The first kappa shape index (κ1) is 49.6. The highest BCUT2D eigenvalue weighted by atomic mass is 16.5. The Labute approximate surface area is 320 Å². The molecule has 0 saturated carbocycles. The first-order chi connectivity index (χ1) is 25.5. The predicted molar refractivity (Wildman–Crippen MR) is 222 cm³/mol. The van der Waals surface area contributed by atoms with Crippen LogP contribution in [0, 0.1) is 0 Å². The van der Waals surface area contributed by atoms with E-state index in [1.165, 1.54) is 77.0 Å². The van der Waals surface area contributed by atoms with Crippen molar-refractivity contribution in [3.8, 4) is 0 Å². The number of allylic oxidation sites excluding steroid dienone is 10. The molecule has 3 atom stereocenters. The number of amides is 1. The van der Waals surface area contributed by atoms with E-state index in [1.54, 1.807) is 0 Å². The van der Waals surface area contributed by atoms with Crippen molar-refractivity contribution >= 4 is 11.9 Å². The van der Waals surface area contributed by atoms with Crippen molar-refractivity contribution in [1.29, 1.82) is 0 Å². The molecule has 0 heterocycles. The largest absolute Gasteiger partial charge is 0.462 e. The molecule has 0 fully saturated rings. The van der Waals surface area contributed by atoms with E-state index in [1.807, 2.05) is 42.5 Å². The van der Waals surface area contributed by atoms with Crippen molar-refractivity contribution in [2.45, 2.75) is 212 Å². The summed E-state index contributed by atoms with van der Waals surface area (Å²) in [7, 11) is 0. The highest BCUT2D eigenvalue weighted by Crippen LogP contribution is 2.17. The van der Waals surface area contributed by atoms with Gasteiger partial charge in [-0.25, -0.2) is 0 Å². The first-order valence-electron chi connectivity index (χ1n) is 21.6. The van der Waals surface area contributed by atoms with Crippen LogP contribution in [0.1, 0.15) is 194 Å². The summed E-state index contributed by atoms with van der Waals surface area (Å²) >= 11 is 0. The molecule has 300 valence electrons. The molecular weight excluding hydrogens is 647 g/mol. The smallest absolute Gasteiger partial charge is 0.306 e. The van der Waals surface area contributed by atoms with Crippen LogP contribution in [-0.4, -0.2) is 46.9 Å². The van der Waals surface area contributed by atoms with Crippen molar-refractivity contribution in [3.63, 3.8) is 0 Å². The normalized spacial score (nSPS) is 14.0. The molecule has 0 aliphatic heterocycles. The van der Waals surface area contributed by atoms with E-state index in [-0.39, 0.29) is 24.9 Å². The zero-order chi connectivity index (χ0) is 38.2. The van der Waals surface area contributed by atoms with Crippen LogP contribution in [0.2, 0.25) is 0 Å². The molecule has 0 aromatic carbocycles. The molecule has 3 N–H and O–H groups in total. The van der Waals surface area contributed by atoms with Gasteiger partial charge in [0.05, 0.1) is 25.2 Å². The number of carbonyl (C=O) groups is 2. The van der Waals surface area contributed by atoms with Gasteiger partial charge in [-0.3, -0.25) is 9.59 Å². The van der Waals surface area contributed by atoms with Crippen molar-refractivity contribution < 1.29 is 24.5 Å². The van der Waals surface area contributed by atoms with Gasteiger partial charge in [0.1, 0.15) is 6.10 Å². The number of carbonyl (C=O) groups excluding carboxylic acids is 2. The zero-order valence-electron chi connectivity index (χ0n) is 33.9. The number of aliphatic hydroxyl groups is 2. The number of aliphatic hydroxyl groups excluding tert-OH is 2. The summed E-state index contributed by atoms with van der Waals surface area (Å²) in [5.74, 6) is -0.532. The summed E-state index contributed by atoms with van der Waals surface area (Å²) in [6, 6.07) is -0.707. The van der Waals surface area contributed by atoms with Gasteiger partial charge in [-0.15, -0.1) is 0 Å². The van der Waals surface area contributed by atoms with Crippen LogP contribution in [0.15, 0.2) is 60.8 Å². The van der Waals surface area contributed by atoms with E-state index in [2.05, 4.69) is 44.3 Å². The fourth-order valence-electron chi connectivity index (χ4n) is 6.21. The Balaban J connectivity index is 4.56. The van der Waals surface area contributed by atoms with Crippen LogP contribution < -0.4 is 5.32 Å². The number of hydrogen-bond donors (Lipinski definition) is 3. The van der Waals surface area contributed by atoms with Gasteiger partial charge in [0, 0.05) is 6.42 Å². The van der Waals surface area contributed by atoms with Gasteiger partial charge >= 0.3 is 5.97 Å². The number of esters is 1. The second-order valence-corrected chi connectivity index (χ2v) is 14.5. The predicted octanol–water partition coefficient (Wildman–Crippen LogP) is 12.1. The minimum absolute atomic E-state index is 0.0585. The molecule has 6 heteroatoms. The minimum atomic E-state index is -0.792. The van der Waals surface area contributed by atoms with E-state index in [0.717, 1.165) is 70.6 Å². The molecule has 0 aromatic rings. The average molecular weight is 728 g/mol. The number of nitrogens with one attached hydrogen (secondary N) is 1. The van der Waals surface area contributed by atoms with Gasteiger partial charge in [0.25, 0.3) is 0 Å².